The summed E-state index contributed by atoms with van der Waals surface area (Å²) in [7, 11) is 1.69. The van der Waals surface area contributed by atoms with Crippen molar-refractivity contribution in [1.29, 1.82) is 0 Å². The van der Waals surface area contributed by atoms with Crippen molar-refractivity contribution in [3.8, 4) is 5.75 Å². The molecule has 0 aliphatic carbocycles. The van der Waals surface area contributed by atoms with E-state index in [2.05, 4.69) is 33.9 Å². The van der Waals surface area contributed by atoms with Gasteiger partial charge in [0.15, 0.2) is 5.96 Å². The summed E-state index contributed by atoms with van der Waals surface area (Å²) >= 11 is 1.75. The van der Waals surface area contributed by atoms with Crippen LogP contribution in [0.4, 0.5) is 0 Å². The molecule has 21 heavy (non-hydrogen) atoms. The van der Waals surface area contributed by atoms with Gasteiger partial charge in [-0.15, -0.1) is 11.3 Å². The lowest BCUT2D eigenvalue weighted by Gasteiger charge is -2.09. The molecule has 5 heteroatoms. The smallest absolute Gasteiger partial charge is 0.188 e. The standard InChI is InChI=1S/C16H21N3OS/c1-20-15-7-3-2-5-13(15)8-10-18-16(17)19-11-9-14-6-4-12-21-14/h2-7,12H,8-11H2,1H3,(H3,17,18,19). The highest BCUT2D eigenvalue weighted by molar-refractivity contribution is 7.09. The number of benzene rings is 1. The fraction of sp³-hybridized carbons (Fsp3) is 0.312. The number of rotatable bonds is 7. The van der Waals surface area contributed by atoms with E-state index < -0.39 is 0 Å². The van der Waals surface area contributed by atoms with Crippen molar-refractivity contribution < 1.29 is 4.74 Å². The quantitative estimate of drug-likeness (QED) is 0.610. The summed E-state index contributed by atoms with van der Waals surface area (Å²) in [6.07, 6.45) is 1.79. The summed E-state index contributed by atoms with van der Waals surface area (Å²) in [6, 6.07) is 12.2. The minimum atomic E-state index is 0.501. The zero-order chi connectivity index (χ0) is 14.9. The fourth-order valence-electron chi connectivity index (χ4n) is 2.03. The van der Waals surface area contributed by atoms with E-state index in [0.29, 0.717) is 12.5 Å². The molecule has 0 radical (unpaired) electrons. The number of aliphatic imine (C=N–C) groups is 1. The van der Waals surface area contributed by atoms with E-state index >= 15 is 0 Å². The van der Waals surface area contributed by atoms with Gasteiger partial charge in [0.1, 0.15) is 5.75 Å². The summed E-state index contributed by atoms with van der Waals surface area (Å²) in [5.74, 6) is 1.41. The topological polar surface area (TPSA) is 59.6 Å². The lowest BCUT2D eigenvalue weighted by Crippen LogP contribution is -2.33. The molecule has 2 aromatic rings. The lowest BCUT2D eigenvalue weighted by molar-refractivity contribution is 0.409. The lowest BCUT2D eigenvalue weighted by atomic mass is 10.1. The highest BCUT2D eigenvalue weighted by Gasteiger charge is 2.01. The number of guanidine groups is 1. The Hall–Kier alpha value is -2.01. The maximum Gasteiger partial charge on any atom is 0.188 e. The van der Waals surface area contributed by atoms with Gasteiger partial charge < -0.3 is 15.8 Å². The third-order valence-corrected chi connectivity index (χ3v) is 4.05. The van der Waals surface area contributed by atoms with Crippen LogP contribution in [0.25, 0.3) is 0 Å². The molecule has 112 valence electrons. The molecule has 2 rings (SSSR count). The Bertz CT molecular complexity index is 567. The Morgan fingerprint density at radius 2 is 2.10 bits per heavy atom. The third-order valence-electron chi connectivity index (χ3n) is 3.11. The van der Waals surface area contributed by atoms with Gasteiger partial charge in [-0.25, -0.2) is 0 Å². The summed E-state index contributed by atoms with van der Waals surface area (Å²) < 4.78 is 5.32. The van der Waals surface area contributed by atoms with Gasteiger partial charge >= 0.3 is 0 Å². The van der Waals surface area contributed by atoms with Crippen molar-refractivity contribution in [1.82, 2.24) is 5.32 Å². The molecule has 0 saturated heterocycles. The van der Waals surface area contributed by atoms with Crippen LogP contribution >= 0.6 is 11.3 Å². The van der Waals surface area contributed by atoms with Crippen molar-refractivity contribution in [2.45, 2.75) is 12.8 Å². The highest BCUT2D eigenvalue weighted by atomic mass is 32.1. The van der Waals surface area contributed by atoms with Gasteiger partial charge in [0.05, 0.1) is 7.11 Å². The Labute approximate surface area is 129 Å². The van der Waals surface area contributed by atoms with Crippen LogP contribution in [-0.4, -0.2) is 26.2 Å². The van der Waals surface area contributed by atoms with E-state index in [-0.39, 0.29) is 0 Å². The Kier molecular flexibility index (Phi) is 6.09. The third kappa shape index (κ3) is 5.11. The molecule has 0 unspecified atom stereocenters. The normalized spacial score (nSPS) is 11.4. The first-order valence-electron chi connectivity index (χ1n) is 6.97. The van der Waals surface area contributed by atoms with Gasteiger partial charge in [0.2, 0.25) is 0 Å². The number of hydrogen-bond acceptors (Lipinski definition) is 3. The molecule has 4 nitrogen and oxygen atoms in total. The number of nitrogens with two attached hydrogens (primary N) is 1. The molecular weight excluding hydrogens is 282 g/mol. The van der Waals surface area contributed by atoms with E-state index in [4.69, 9.17) is 10.5 Å². The first-order valence-corrected chi connectivity index (χ1v) is 7.85. The molecule has 1 aromatic carbocycles. The van der Waals surface area contributed by atoms with Crippen molar-refractivity contribution >= 4 is 17.3 Å². The van der Waals surface area contributed by atoms with Crippen molar-refractivity contribution in [3.63, 3.8) is 0 Å². The number of nitrogens with one attached hydrogen (secondary N) is 1. The second-order valence-corrected chi connectivity index (χ2v) is 5.62. The molecule has 0 bridgehead atoms. The highest BCUT2D eigenvalue weighted by Crippen LogP contribution is 2.17. The van der Waals surface area contributed by atoms with Crippen LogP contribution in [0.1, 0.15) is 10.4 Å². The van der Waals surface area contributed by atoms with Gasteiger partial charge in [-0.2, -0.15) is 0 Å². The molecular formula is C16H21N3OS. The maximum absolute atomic E-state index is 5.86. The predicted octanol–water partition coefficient (Wildman–Crippen LogP) is 2.45. The Morgan fingerprint density at radius 3 is 2.86 bits per heavy atom. The number of thiophene rings is 1. The van der Waals surface area contributed by atoms with Gasteiger partial charge in [-0.3, -0.25) is 4.99 Å². The summed E-state index contributed by atoms with van der Waals surface area (Å²) in [4.78, 5) is 5.67. The monoisotopic (exact) mass is 303 g/mol. The molecule has 0 aliphatic heterocycles. The first kappa shape index (κ1) is 15.4. The number of ether oxygens (including phenoxy) is 1. The summed E-state index contributed by atoms with van der Waals surface area (Å²) in [6.45, 7) is 1.46. The predicted molar refractivity (Wildman–Crippen MR) is 89.2 cm³/mol. The van der Waals surface area contributed by atoms with Crippen LogP contribution in [-0.2, 0) is 12.8 Å². The molecule has 0 fully saturated rings. The van der Waals surface area contributed by atoms with E-state index in [0.717, 1.165) is 25.1 Å². The largest absolute Gasteiger partial charge is 0.496 e. The van der Waals surface area contributed by atoms with E-state index in [1.165, 1.54) is 10.4 Å². The second kappa shape index (κ2) is 8.32. The van der Waals surface area contributed by atoms with Gasteiger partial charge in [-0.1, -0.05) is 24.3 Å². The zero-order valence-corrected chi connectivity index (χ0v) is 13.0. The Balaban J connectivity index is 1.72. The van der Waals surface area contributed by atoms with Gasteiger partial charge in [-0.05, 0) is 29.5 Å². The SMILES string of the molecule is COc1ccccc1CCNC(N)=NCCc1cccs1. The fourth-order valence-corrected chi connectivity index (χ4v) is 2.73. The molecule has 3 N–H and O–H groups in total. The van der Waals surface area contributed by atoms with Gasteiger partial charge in [0.25, 0.3) is 0 Å². The molecule has 0 spiro atoms. The van der Waals surface area contributed by atoms with E-state index in [9.17, 15) is 0 Å². The van der Waals surface area contributed by atoms with Crippen molar-refractivity contribution in [3.05, 3.63) is 52.2 Å². The van der Waals surface area contributed by atoms with Crippen molar-refractivity contribution in [2.24, 2.45) is 10.7 Å². The van der Waals surface area contributed by atoms with E-state index in [1.807, 2.05) is 18.2 Å². The number of hydrogen-bond donors (Lipinski definition) is 2. The van der Waals surface area contributed by atoms with Crippen LogP contribution in [0.15, 0.2) is 46.8 Å². The molecule has 0 amide bonds. The second-order valence-electron chi connectivity index (χ2n) is 4.58. The van der Waals surface area contributed by atoms with Crippen LogP contribution in [0.5, 0.6) is 5.75 Å². The summed E-state index contributed by atoms with van der Waals surface area (Å²) in [5, 5.41) is 5.22. The van der Waals surface area contributed by atoms with Gasteiger partial charge in [0, 0.05) is 24.4 Å². The molecule has 0 aliphatic rings. The number of methoxy groups -OCH3 is 1. The van der Waals surface area contributed by atoms with Crippen LogP contribution in [0, 0.1) is 0 Å². The van der Waals surface area contributed by atoms with Crippen LogP contribution in [0.2, 0.25) is 0 Å². The first-order chi connectivity index (χ1) is 10.3. The number of para-hydroxylation sites is 1. The average molecular weight is 303 g/mol. The number of nitrogens with zero attached hydrogens (tertiary/aromatic N) is 1. The van der Waals surface area contributed by atoms with Crippen molar-refractivity contribution in [2.75, 3.05) is 20.2 Å². The molecule has 0 atom stereocenters. The molecule has 0 saturated carbocycles. The minimum absolute atomic E-state index is 0.501. The van der Waals surface area contributed by atoms with E-state index in [1.54, 1.807) is 18.4 Å². The minimum Gasteiger partial charge on any atom is -0.496 e. The maximum atomic E-state index is 5.86. The molecule has 1 heterocycles. The average Bonchev–Trinajstić information content (AvgIpc) is 3.01. The van der Waals surface area contributed by atoms with Crippen LogP contribution < -0.4 is 15.8 Å². The summed E-state index contributed by atoms with van der Waals surface area (Å²) in [5.41, 5.74) is 7.02. The zero-order valence-electron chi connectivity index (χ0n) is 12.2. The van der Waals surface area contributed by atoms with Crippen LogP contribution in [0.3, 0.4) is 0 Å². The Morgan fingerprint density at radius 1 is 1.24 bits per heavy atom. The molecule has 1 aromatic heterocycles.